The van der Waals surface area contributed by atoms with E-state index in [-0.39, 0.29) is 18.4 Å². The van der Waals surface area contributed by atoms with Crippen molar-refractivity contribution in [2.75, 3.05) is 50.5 Å². The number of piperazine rings is 1. The van der Waals surface area contributed by atoms with E-state index in [9.17, 15) is 14.0 Å². The van der Waals surface area contributed by atoms with Crippen LogP contribution in [0, 0.1) is 6.92 Å². The normalized spacial score (nSPS) is 16.7. The van der Waals surface area contributed by atoms with E-state index >= 15 is 0 Å². The van der Waals surface area contributed by atoms with Crippen LogP contribution in [0.25, 0.3) is 16.7 Å². The highest BCUT2D eigenvalue weighted by Crippen LogP contribution is 2.38. The topological polar surface area (TPSA) is 120 Å². The van der Waals surface area contributed by atoms with Crippen LogP contribution < -0.4 is 15.0 Å². The van der Waals surface area contributed by atoms with Gasteiger partial charge >= 0.3 is 0 Å². The van der Waals surface area contributed by atoms with Gasteiger partial charge in [0, 0.05) is 70.1 Å². The number of aromatic amines is 1. The van der Waals surface area contributed by atoms with Crippen molar-refractivity contribution in [1.29, 1.82) is 0 Å². The van der Waals surface area contributed by atoms with Crippen LogP contribution in [0.2, 0.25) is 0 Å². The fourth-order valence-corrected chi connectivity index (χ4v) is 5.12. The van der Waals surface area contributed by atoms with Gasteiger partial charge in [-0.25, -0.2) is 4.39 Å². The van der Waals surface area contributed by atoms with E-state index in [1.165, 1.54) is 9.80 Å². The molecule has 0 aliphatic carbocycles. The summed E-state index contributed by atoms with van der Waals surface area (Å²) in [7, 11) is 3.42. The number of nitrogens with one attached hydrogen (secondary N) is 2. The van der Waals surface area contributed by atoms with Gasteiger partial charge in [0.2, 0.25) is 17.7 Å². The highest BCUT2D eigenvalue weighted by atomic mass is 19.1. The molecule has 2 aliphatic rings. The molecule has 11 nitrogen and oxygen atoms in total. The molecule has 210 valence electrons. The van der Waals surface area contributed by atoms with E-state index in [0.717, 1.165) is 27.6 Å². The van der Waals surface area contributed by atoms with Crippen LogP contribution in [0.1, 0.15) is 30.0 Å². The number of nitrogens with zero attached hydrogens (tertiary/aromatic N) is 6. The minimum absolute atomic E-state index is 0.0140. The van der Waals surface area contributed by atoms with E-state index in [2.05, 4.69) is 32.0 Å². The lowest BCUT2D eigenvalue weighted by Gasteiger charge is -2.41. The zero-order valence-electron chi connectivity index (χ0n) is 23.1. The molecule has 4 heterocycles. The first-order valence-corrected chi connectivity index (χ1v) is 13.2. The van der Waals surface area contributed by atoms with Crippen molar-refractivity contribution < 1.29 is 18.7 Å². The van der Waals surface area contributed by atoms with Crippen molar-refractivity contribution in [3.8, 4) is 5.88 Å². The third kappa shape index (κ3) is 5.21. The maximum Gasteiger partial charge on any atom is 0.282 e. The SMILES string of the molecule is C=C(F)C(=O)N1CCN(c2nc(NCCC(=O)N(C)C)nc3c2CC=C(c2c(C)ccc4[nH]ncc24)O3)C[C@H]1C. The molecule has 2 N–H and O–H groups in total. The van der Waals surface area contributed by atoms with Crippen molar-refractivity contribution in [1.82, 2.24) is 30.0 Å². The molecule has 1 atom stereocenters. The fourth-order valence-electron chi connectivity index (χ4n) is 5.12. The zero-order valence-corrected chi connectivity index (χ0v) is 23.1. The summed E-state index contributed by atoms with van der Waals surface area (Å²) < 4.78 is 20.0. The second-order valence-corrected chi connectivity index (χ2v) is 10.3. The number of amides is 2. The Morgan fingerprint density at radius 3 is 2.80 bits per heavy atom. The fraction of sp³-hybridized carbons (Fsp3) is 0.393. The number of halogens is 1. The van der Waals surface area contributed by atoms with Crippen LogP contribution in [0.3, 0.4) is 0 Å². The third-order valence-corrected chi connectivity index (χ3v) is 7.27. The number of anilines is 2. The first-order chi connectivity index (χ1) is 19.1. The van der Waals surface area contributed by atoms with Crippen LogP contribution in [0.4, 0.5) is 16.2 Å². The Kier molecular flexibility index (Phi) is 7.42. The van der Waals surface area contributed by atoms with Gasteiger partial charge in [-0.1, -0.05) is 12.6 Å². The average molecular weight is 549 g/mol. The molecule has 3 aromatic rings. The molecule has 0 spiro atoms. The first-order valence-electron chi connectivity index (χ1n) is 13.2. The Morgan fingerprint density at radius 2 is 2.08 bits per heavy atom. The minimum Gasteiger partial charge on any atom is -0.438 e. The summed E-state index contributed by atoms with van der Waals surface area (Å²) in [6, 6.07) is 3.74. The Morgan fingerprint density at radius 1 is 1.27 bits per heavy atom. The largest absolute Gasteiger partial charge is 0.438 e. The average Bonchev–Trinajstić information content (AvgIpc) is 3.40. The number of ether oxygens (including phenoxy) is 1. The minimum atomic E-state index is -0.965. The smallest absolute Gasteiger partial charge is 0.282 e. The molecule has 0 unspecified atom stereocenters. The van der Waals surface area contributed by atoms with Gasteiger partial charge in [-0.3, -0.25) is 14.7 Å². The lowest BCUT2D eigenvalue weighted by Crippen LogP contribution is -2.54. The number of H-pyrrole nitrogens is 1. The quantitative estimate of drug-likeness (QED) is 0.433. The number of rotatable bonds is 7. The number of carbonyl (C=O) groups is 2. The second-order valence-electron chi connectivity index (χ2n) is 10.3. The predicted octanol–water partition coefficient (Wildman–Crippen LogP) is 3.05. The molecule has 40 heavy (non-hydrogen) atoms. The third-order valence-electron chi connectivity index (χ3n) is 7.27. The molecule has 0 bridgehead atoms. The maximum atomic E-state index is 13.6. The van der Waals surface area contributed by atoms with Gasteiger partial charge in [0.1, 0.15) is 11.6 Å². The lowest BCUT2D eigenvalue weighted by atomic mass is 9.99. The highest BCUT2D eigenvalue weighted by molar-refractivity contribution is 5.92. The summed E-state index contributed by atoms with van der Waals surface area (Å²) in [5, 5.41) is 11.3. The van der Waals surface area contributed by atoms with Crippen LogP contribution in [0.15, 0.2) is 36.8 Å². The number of hydrogen-bond donors (Lipinski definition) is 2. The summed E-state index contributed by atoms with van der Waals surface area (Å²) >= 11 is 0. The van der Waals surface area contributed by atoms with Crippen molar-refractivity contribution >= 4 is 40.2 Å². The summed E-state index contributed by atoms with van der Waals surface area (Å²) in [4.78, 5) is 38.9. The van der Waals surface area contributed by atoms with Gasteiger partial charge in [0.05, 0.1) is 17.3 Å². The van der Waals surface area contributed by atoms with Crippen molar-refractivity contribution in [3.63, 3.8) is 0 Å². The monoisotopic (exact) mass is 548 g/mol. The number of hydrogen-bond acceptors (Lipinski definition) is 8. The summed E-state index contributed by atoms with van der Waals surface area (Å²) in [5.41, 5.74) is 3.71. The molecule has 5 rings (SSSR count). The number of aromatic nitrogens is 4. The first kappa shape index (κ1) is 27.1. The molecule has 0 radical (unpaired) electrons. The van der Waals surface area contributed by atoms with Crippen LogP contribution in [0.5, 0.6) is 5.88 Å². The van der Waals surface area contributed by atoms with Gasteiger partial charge < -0.3 is 24.8 Å². The van der Waals surface area contributed by atoms with E-state index in [1.807, 2.05) is 32.1 Å². The molecule has 1 fully saturated rings. The second kappa shape index (κ2) is 10.9. The number of aryl methyl sites for hydroxylation is 1. The molecule has 1 saturated heterocycles. The number of allylic oxidation sites excluding steroid dienone is 1. The van der Waals surface area contributed by atoms with E-state index in [1.54, 1.807) is 20.3 Å². The zero-order chi connectivity index (χ0) is 28.6. The van der Waals surface area contributed by atoms with E-state index in [4.69, 9.17) is 9.72 Å². The maximum absolute atomic E-state index is 13.6. The highest BCUT2D eigenvalue weighted by Gasteiger charge is 2.32. The van der Waals surface area contributed by atoms with Gasteiger partial charge in [-0.05, 0) is 31.6 Å². The van der Waals surface area contributed by atoms with Crippen molar-refractivity contribution in [2.24, 2.45) is 0 Å². The van der Waals surface area contributed by atoms with E-state index in [0.29, 0.717) is 56.0 Å². The van der Waals surface area contributed by atoms with Gasteiger partial charge in [0.25, 0.3) is 5.91 Å². The number of benzene rings is 1. The summed E-state index contributed by atoms with van der Waals surface area (Å²) in [6.07, 6.45) is 4.61. The summed E-state index contributed by atoms with van der Waals surface area (Å²) in [5.74, 6) is 0.450. The van der Waals surface area contributed by atoms with Crippen LogP contribution >= 0.6 is 0 Å². The molecule has 2 amide bonds. The molecule has 0 saturated carbocycles. The number of fused-ring (bicyclic) bond motifs is 2. The Balaban J connectivity index is 1.47. The standard InChI is InChI=1S/C28H33FN8O3/c1-16-6-8-21-20(14-31-34-21)24(16)22-9-7-19-25(36-12-13-37(17(2)15-36)27(39)18(3)29)32-28(33-26(19)40-22)30-11-10-23(38)35(4)5/h6,8-9,14,17H,3,7,10-13,15H2,1-2,4-5H3,(H,31,34)(H,30,32,33)/t17-/m1/s1. The summed E-state index contributed by atoms with van der Waals surface area (Å²) in [6.45, 7) is 8.63. The molecular weight excluding hydrogens is 515 g/mol. The van der Waals surface area contributed by atoms with Gasteiger partial charge in [-0.2, -0.15) is 15.1 Å². The van der Waals surface area contributed by atoms with Crippen molar-refractivity contribution in [3.05, 3.63) is 53.5 Å². The van der Waals surface area contributed by atoms with Crippen LogP contribution in [-0.2, 0) is 16.0 Å². The molecule has 2 aromatic heterocycles. The molecular formula is C28H33FN8O3. The van der Waals surface area contributed by atoms with Crippen molar-refractivity contribution in [2.45, 2.75) is 32.7 Å². The van der Waals surface area contributed by atoms with E-state index < -0.39 is 11.7 Å². The predicted molar refractivity (Wildman–Crippen MR) is 151 cm³/mol. The Bertz CT molecular complexity index is 1510. The lowest BCUT2D eigenvalue weighted by molar-refractivity contribution is -0.131. The van der Waals surface area contributed by atoms with Gasteiger partial charge in [-0.15, -0.1) is 0 Å². The Labute approximate surface area is 231 Å². The van der Waals surface area contributed by atoms with Gasteiger partial charge in [0.15, 0.2) is 5.83 Å². The van der Waals surface area contributed by atoms with Crippen LogP contribution in [-0.4, -0.2) is 88.1 Å². The molecule has 12 heteroatoms. The molecule has 1 aromatic carbocycles. The molecule has 2 aliphatic heterocycles. The Hall–Kier alpha value is -4.48. The number of carbonyl (C=O) groups excluding carboxylic acids is 2.